The fraction of sp³-hybridized carbons (Fsp3) is 0.357. The zero-order valence-electron chi connectivity index (χ0n) is 18.8. The van der Waals surface area contributed by atoms with Gasteiger partial charge in [0.2, 0.25) is 0 Å². The van der Waals surface area contributed by atoms with Crippen LogP contribution in [0.4, 0.5) is 0 Å². The van der Waals surface area contributed by atoms with E-state index in [-0.39, 0.29) is 5.41 Å². The van der Waals surface area contributed by atoms with Crippen LogP contribution in [0.15, 0.2) is 84.9 Å². The number of aliphatic hydroxyl groups is 2. The lowest BCUT2D eigenvalue weighted by atomic mass is 9.56. The van der Waals surface area contributed by atoms with Crippen molar-refractivity contribution in [2.75, 3.05) is 0 Å². The number of hydrogen-bond donors (Lipinski definition) is 2. The molecule has 0 aliphatic carbocycles. The van der Waals surface area contributed by atoms with E-state index in [4.69, 9.17) is 0 Å². The van der Waals surface area contributed by atoms with Crippen LogP contribution >= 0.6 is 0 Å². The number of benzene rings is 3. The van der Waals surface area contributed by atoms with E-state index >= 15 is 0 Å². The first-order chi connectivity index (χ1) is 14.1. The van der Waals surface area contributed by atoms with Crippen LogP contribution in [0.25, 0.3) is 0 Å². The average Bonchev–Trinajstić information content (AvgIpc) is 2.74. The van der Waals surface area contributed by atoms with Crippen LogP contribution in [0.1, 0.15) is 56.9 Å². The molecule has 0 spiro atoms. The second kappa shape index (κ2) is 8.37. The SMILES string of the molecule is CC(C)(C)c1ccc(CC(C)(C(O)O)C(C)(c2ccccc2)c2ccccc2)cc1. The summed E-state index contributed by atoms with van der Waals surface area (Å²) in [5.41, 5.74) is 3.13. The summed E-state index contributed by atoms with van der Waals surface area (Å²) in [6.07, 6.45) is -0.958. The molecule has 0 aliphatic rings. The van der Waals surface area contributed by atoms with Crippen LogP contribution in [-0.2, 0) is 17.3 Å². The van der Waals surface area contributed by atoms with Crippen molar-refractivity contribution in [3.8, 4) is 0 Å². The zero-order valence-corrected chi connectivity index (χ0v) is 18.8. The normalized spacial score (nSPS) is 14.5. The van der Waals surface area contributed by atoms with Gasteiger partial charge in [-0.3, -0.25) is 0 Å². The third-order valence-electron chi connectivity index (χ3n) is 6.81. The number of rotatable bonds is 6. The largest absolute Gasteiger partial charge is 0.368 e. The Morgan fingerprint density at radius 3 is 1.40 bits per heavy atom. The Kier molecular flexibility index (Phi) is 6.21. The van der Waals surface area contributed by atoms with E-state index < -0.39 is 17.1 Å². The second-order valence-electron chi connectivity index (χ2n) is 9.77. The Morgan fingerprint density at radius 1 is 0.600 bits per heavy atom. The maximum absolute atomic E-state index is 10.7. The summed E-state index contributed by atoms with van der Waals surface area (Å²) in [6.45, 7) is 10.7. The van der Waals surface area contributed by atoms with Gasteiger partial charge in [-0.05, 0) is 34.1 Å². The minimum Gasteiger partial charge on any atom is -0.368 e. The van der Waals surface area contributed by atoms with Gasteiger partial charge in [0.15, 0.2) is 6.29 Å². The van der Waals surface area contributed by atoms with E-state index in [1.807, 2.05) is 43.3 Å². The summed E-state index contributed by atoms with van der Waals surface area (Å²) in [7, 11) is 0. The molecule has 0 aliphatic heterocycles. The van der Waals surface area contributed by atoms with Crippen LogP contribution in [0.5, 0.6) is 0 Å². The third kappa shape index (κ3) is 4.08. The van der Waals surface area contributed by atoms with Gasteiger partial charge >= 0.3 is 0 Å². The second-order valence-corrected chi connectivity index (χ2v) is 9.77. The van der Waals surface area contributed by atoms with Crippen LogP contribution in [0.2, 0.25) is 0 Å². The molecule has 0 aromatic heterocycles. The maximum atomic E-state index is 10.7. The Hall–Kier alpha value is -2.42. The third-order valence-corrected chi connectivity index (χ3v) is 6.81. The van der Waals surface area contributed by atoms with Crippen molar-refractivity contribution < 1.29 is 10.2 Å². The van der Waals surface area contributed by atoms with Crippen molar-refractivity contribution in [2.45, 2.75) is 58.2 Å². The standard InChI is InChI=1S/C28H34O2/c1-26(2,3)22-18-16-21(17-19-22)20-27(4,25(29)30)28(5,23-12-8-6-9-13-23)24-14-10-7-11-15-24/h6-19,25,29-30H,20H2,1-5H3. The first-order valence-electron chi connectivity index (χ1n) is 10.7. The highest BCUT2D eigenvalue weighted by Gasteiger charge is 2.51. The topological polar surface area (TPSA) is 40.5 Å². The van der Waals surface area contributed by atoms with E-state index in [1.54, 1.807) is 0 Å². The van der Waals surface area contributed by atoms with Gasteiger partial charge in [0, 0.05) is 10.8 Å². The molecule has 0 bridgehead atoms. The molecule has 2 nitrogen and oxygen atoms in total. The lowest BCUT2D eigenvalue weighted by Gasteiger charge is -2.49. The Labute approximate surface area is 181 Å². The van der Waals surface area contributed by atoms with Gasteiger partial charge in [0.05, 0.1) is 0 Å². The molecule has 3 aromatic carbocycles. The molecule has 2 heteroatoms. The highest BCUT2D eigenvalue weighted by Crippen LogP contribution is 2.50. The number of aliphatic hydroxyl groups excluding tert-OH is 1. The molecule has 0 heterocycles. The van der Waals surface area contributed by atoms with Crippen molar-refractivity contribution in [3.05, 3.63) is 107 Å². The van der Waals surface area contributed by atoms with Crippen LogP contribution in [-0.4, -0.2) is 16.5 Å². The van der Waals surface area contributed by atoms with Gasteiger partial charge in [-0.25, -0.2) is 0 Å². The quantitative estimate of drug-likeness (QED) is 0.508. The highest BCUT2D eigenvalue weighted by atomic mass is 16.5. The van der Waals surface area contributed by atoms with E-state index in [0.717, 1.165) is 16.7 Å². The fourth-order valence-corrected chi connectivity index (χ4v) is 4.44. The monoisotopic (exact) mass is 402 g/mol. The molecule has 0 amide bonds. The molecular weight excluding hydrogens is 368 g/mol. The highest BCUT2D eigenvalue weighted by molar-refractivity contribution is 5.42. The molecule has 1 atom stereocenters. The Bertz CT molecular complexity index is 898. The Morgan fingerprint density at radius 2 is 1.03 bits per heavy atom. The van der Waals surface area contributed by atoms with Crippen molar-refractivity contribution in [1.82, 2.24) is 0 Å². The van der Waals surface area contributed by atoms with Gasteiger partial charge in [-0.1, -0.05) is 120 Å². The minimum atomic E-state index is -1.50. The summed E-state index contributed by atoms with van der Waals surface area (Å²) in [6, 6.07) is 28.9. The molecule has 3 rings (SSSR count). The van der Waals surface area contributed by atoms with Crippen LogP contribution in [0, 0.1) is 5.41 Å². The van der Waals surface area contributed by atoms with Crippen molar-refractivity contribution in [3.63, 3.8) is 0 Å². The minimum absolute atomic E-state index is 0.0842. The number of hydrogen-bond acceptors (Lipinski definition) is 2. The van der Waals surface area contributed by atoms with Crippen LogP contribution in [0.3, 0.4) is 0 Å². The zero-order chi connectivity index (χ0) is 22.0. The fourth-order valence-electron chi connectivity index (χ4n) is 4.44. The summed E-state index contributed by atoms with van der Waals surface area (Å²) < 4.78 is 0. The van der Waals surface area contributed by atoms with Gasteiger partial charge in [0.1, 0.15) is 0 Å². The molecule has 1 unspecified atom stereocenters. The predicted octanol–water partition coefficient (Wildman–Crippen LogP) is 5.85. The first-order valence-corrected chi connectivity index (χ1v) is 10.7. The van der Waals surface area contributed by atoms with Gasteiger partial charge < -0.3 is 10.2 Å². The van der Waals surface area contributed by atoms with E-state index in [9.17, 15) is 10.2 Å². The molecule has 158 valence electrons. The summed E-state index contributed by atoms with van der Waals surface area (Å²) >= 11 is 0. The van der Waals surface area contributed by atoms with Gasteiger partial charge in [-0.2, -0.15) is 0 Å². The van der Waals surface area contributed by atoms with E-state index in [2.05, 4.69) is 76.2 Å². The van der Waals surface area contributed by atoms with Crippen molar-refractivity contribution >= 4 is 0 Å². The lowest BCUT2D eigenvalue weighted by Crippen LogP contribution is -2.51. The van der Waals surface area contributed by atoms with Crippen molar-refractivity contribution in [2.24, 2.45) is 5.41 Å². The van der Waals surface area contributed by atoms with Gasteiger partial charge in [0.25, 0.3) is 0 Å². The molecule has 3 aromatic rings. The molecule has 2 N–H and O–H groups in total. The molecular formula is C28H34O2. The average molecular weight is 403 g/mol. The smallest absolute Gasteiger partial charge is 0.158 e. The van der Waals surface area contributed by atoms with Gasteiger partial charge in [-0.15, -0.1) is 0 Å². The van der Waals surface area contributed by atoms with Crippen LogP contribution < -0.4 is 0 Å². The summed E-state index contributed by atoms with van der Waals surface area (Å²) in [5.74, 6) is 0. The molecule has 0 fully saturated rings. The molecule has 0 radical (unpaired) electrons. The summed E-state index contributed by atoms with van der Waals surface area (Å²) in [5, 5.41) is 21.5. The van der Waals surface area contributed by atoms with Crippen molar-refractivity contribution in [1.29, 1.82) is 0 Å². The molecule has 0 saturated heterocycles. The lowest BCUT2D eigenvalue weighted by molar-refractivity contribution is -0.150. The van der Waals surface area contributed by atoms with E-state index in [0.29, 0.717) is 6.42 Å². The Balaban J connectivity index is 2.13. The molecule has 0 saturated carbocycles. The van der Waals surface area contributed by atoms with E-state index in [1.165, 1.54) is 5.56 Å². The first kappa shape index (κ1) is 22.3. The molecule has 30 heavy (non-hydrogen) atoms. The maximum Gasteiger partial charge on any atom is 0.158 e. The summed E-state index contributed by atoms with van der Waals surface area (Å²) in [4.78, 5) is 0. The predicted molar refractivity (Wildman–Crippen MR) is 125 cm³/mol.